The van der Waals surface area contributed by atoms with Crippen molar-refractivity contribution in [1.29, 1.82) is 0 Å². The average molecular weight is 480 g/mol. The summed E-state index contributed by atoms with van der Waals surface area (Å²) in [5.74, 6) is 1.58. The molecule has 0 unspecified atom stereocenters. The number of fused-ring (bicyclic) bond motifs is 3. The van der Waals surface area contributed by atoms with Crippen LogP contribution in [0.2, 0.25) is 0 Å². The van der Waals surface area contributed by atoms with E-state index in [0.29, 0.717) is 12.6 Å². The van der Waals surface area contributed by atoms with E-state index in [-0.39, 0.29) is 11.0 Å². The minimum absolute atomic E-state index is 0.0352. The number of ether oxygens (including phenoxy) is 2. The molecule has 0 radical (unpaired) electrons. The monoisotopic (exact) mass is 479 g/mol. The van der Waals surface area contributed by atoms with E-state index in [1.807, 2.05) is 0 Å². The molecular formula is C27H37N5O3. The summed E-state index contributed by atoms with van der Waals surface area (Å²) >= 11 is 0. The van der Waals surface area contributed by atoms with Crippen LogP contribution in [-0.4, -0.2) is 74.0 Å². The zero-order valence-electron chi connectivity index (χ0n) is 20.6. The van der Waals surface area contributed by atoms with E-state index >= 15 is 0 Å². The third-order valence-corrected chi connectivity index (χ3v) is 8.28. The summed E-state index contributed by atoms with van der Waals surface area (Å²) in [5, 5.41) is 3.52. The van der Waals surface area contributed by atoms with Gasteiger partial charge in [0.15, 0.2) is 0 Å². The smallest absolute Gasteiger partial charge is 0.255 e. The van der Waals surface area contributed by atoms with Gasteiger partial charge in [-0.1, -0.05) is 6.07 Å². The summed E-state index contributed by atoms with van der Waals surface area (Å²) in [5.41, 5.74) is 4.49. The summed E-state index contributed by atoms with van der Waals surface area (Å²) in [7, 11) is 0. The molecule has 0 amide bonds. The lowest BCUT2D eigenvalue weighted by Crippen LogP contribution is -2.42. The van der Waals surface area contributed by atoms with Crippen LogP contribution in [-0.2, 0) is 23.0 Å². The number of piperidine rings is 1. The second kappa shape index (κ2) is 9.91. The normalized spacial score (nSPS) is 21.7. The van der Waals surface area contributed by atoms with Crippen LogP contribution in [0.25, 0.3) is 0 Å². The molecule has 0 saturated carbocycles. The number of aromatic amines is 1. The third-order valence-electron chi connectivity index (χ3n) is 8.28. The fourth-order valence-corrected chi connectivity index (χ4v) is 6.29. The fourth-order valence-electron chi connectivity index (χ4n) is 6.29. The molecule has 3 aliphatic heterocycles. The minimum atomic E-state index is 0.0352. The molecule has 1 aromatic heterocycles. The number of aryl methyl sites for hydroxylation is 1. The highest BCUT2D eigenvalue weighted by atomic mass is 16.5. The van der Waals surface area contributed by atoms with Crippen LogP contribution in [0.1, 0.15) is 48.9 Å². The van der Waals surface area contributed by atoms with Crippen LogP contribution >= 0.6 is 0 Å². The van der Waals surface area contributed by atoms with Crippen LogP contribution in [0.15, 0.2) is 23.0 Å². The lowest BCUT2D eigenvalue weighted by molar-refractivity contribution is 0.0358. The summed E-state index contributed by atoms with van der Waals surface area (Å²) in [6, 6.07) is 6.55. The molecule has 0 atom stereocenters. The van der Waals surface area contributed by atoms with Crippen molar-refractivity contribution in [3.05, 3.63) is 45.4 Å². The van der Waals surface area contributed by atoms with E-state index in [1.54, 1.807) is 0 Å². The van der Waals surface area contributed by atoms with Gasteiger partial charge in [-0.15, -0.1) is 0 Å². The first kappa shape index (κ1) is 23.0. The molecule has 0 bridgehead atoms. The maximum atomic E-state index is 12.9. The van der Waals surface area contributed by atoms with Gasteiger partial charge in [0.2, 0.25) is 5.95 Å². The van der Waals surface area contributed by atoms with Gasteiger partial charge in [0.25, 0.3) is 5.56 Å². The lowest BCUT2D eigenvalue weighted by Gasteiger charge is -2.34. The van der Waals surface area contributed by atoms with Crippen LogP contribution in [0, 0.1) is 0 Å². The van der Waals surface area contributed by atoms with Gasteiger partial charge in [-0.3, -0.25) is 14.7 Å². The molecule has 2 saturated heterocycles. The Hall–Kier alpha value is -2.42. The molecule has 4 heterocycles. The van der Waals surface area contributed by atoms with Crippen LogP contribution in [0.4, 0.5) is 11.6 Å². The maximum absolute atomic E-state index is 12.9. The quantitative estimate of drug-likeness (QED) is 0.616. The molecule has 2 aromatic rings. The maximum Gasteiger partial charge on any atom is 0.255 e. The molecule has 1 aliphatic carbocycles. The molecule has 8 nitrogen and oxygen atoms in total. The zero-order valence-corrected chi connectivity index (χ0v) is 20.6. The molecule has 2 fully saturated rings. The Morgan fingerprint density at radius 1 is 1.11 bits per heavy atom. The van der Waals surface area contributed by atoms with Crippen molar-refractivity contribution in [2.24, 2.45) is 0 Å². The molecule has 1 aromatic carbocycles. The van der Waals surface area contributed by atoms with Crippen molar-refractivity contribution in [2.75, 3.05) is 64.0 Å². The first-order valence-electron chi connectivity index (χ1n) is 13.4. The van der Waals surface area contributed by atoms with Crippen LogP contribution in [0.3, 0.4) is 0 Å². The number of nitrogens with one attached hydrogen (secondary N) is 2. The molecule has 4 aliphatic rings. The lowest BCUT2D eigenvalue weighted by atomic mass is 9.75. The topological polar surface area (TPSA) is 82.7 Å². The molecule has 6 rings (SSSR count). The molecule has 2 N–H and O–H groups in total. The van der Waals surface area contributed by atoms with Gasteiger partial charge in [0.1, 0.15) is 5.75 Å². The van der Waals surface area contributed by atoms with Gasteiger partial charge in [0, 0.05) is 43.2 Å². The van der Waals surface area contributed by atoms with E-state index in [1.165, 1.54) is 5.56 Å². The van der Waals surface area contributed by atoms with Gasteiger partial charge in [0.05, 0.1) is 31.2 Å². The standard InChI is InChI=1S/C27H37N5O3/c33-25-21-4-1-2-5-23(21)29-26(30-25)32-19-27(8-10-28-11-9-27)22-7-6-20(18-24(22)32)35-15-3-12-31-13-16-34-17-14-31/h6-7,18,28H,1-5,8-17,19H2,(H,29,30,33). The Morgan fingerprint density at radius 2 is 1.94 bits per heavy atom. The molecule has 8 heteroatoms. The van der Waals surface area contributed by atoms with Crippen LogP contribution < -0.4 is 20.5 Å². The number of H-pyrrole nitrogens is 1. The van der Waals surface area contributed by atoms with E-state index in [4.69, 9.17) is 14.5 Å². The minimum Gasteiger partial charge on any atom is -0.493 e. The number of nitrogens with zero attached hydrogens (tertiary/aromatic N) is 3. The highest BCUT2D eigenvalue weighted by Gasteiger charge is 2.44. The van der Waals surface area contributed by atoms with E-state index < -0.39 is 0 Å². The van der Waals surface area contributed by atoms with Gasteiger partial charge < -0.3 is 19.7 Å². The molecule has 35 heavy (non-hydrogen) atoms. The van der Waals surface area contributed by atoms with E-state index in [0.717, 1.165) is 120 Å². The second-order valence-electron chi connectivity index (χ2n) is 10.5. The number of aromatic nitrogens is 2. The third kappa shape index (κ3) is 4.59. The molecular weight excluding hydrogens is 442 g/mol. The van der Waals surface area contributed by atoms with Crippen LogP contribution in [0.5, 0.6) is 5.75 Å². The zero-order chi connectivity index (χ0) is 23.7. The summed E-state index contributed by atoms with van der Waals surface area (Å²) in [6.07, 6.45) is 7.09. The van der Waals surface area contributed by atoms with Gasteiger partial charge >= 0.3 is 0 Å². The Morgan fingerprint density at radius 3 is 2.80 bits per heavy atom. The number of hydrogen-bond donors (Lipinski definition) is 2. The SMILES string of the molecule is O=c1[nH]c(N2CC3(CCNCC3)c3ccc(OCCCN4CCOCC4)cc32)nc2c1CCCC2. The fraction of sp³-hybridized carbons (Fsp3) is 0.630. The van der Waals surface area contributed by atoms with E-state index in [2.05, 4.69) is 38.3 Å². The first-order valence-corrected chi connectivity index (χ1v) is 13.4. The summed E-state index contributed by atoms with van der Waals surface area (Å²) in [4.78, 5) is 25.7. The second-order valence-corrected chi connectivity index (χ2v) is 10.5. The van der Waals surface area contributed by atoms with Crippen molar-refractivity contribution >= 4 is 11.6 Å². The predicted octanol–water partition coefficient (Wildman–Crippen LogP) is 2.52. The van der Waals surface area contributed by atoms with Crippen molar-refractivity contribution in [2.45, 2.75) is 50.4 Å². The predicted molar refractivity (Wildman–Crippen MR) is 136 cm³/mol. The van der Waals surface area contributed by atoms with Gasteiger partial charge in [-0.25, -0.2) is 4.98 Å². The highest BCUT2D eigenvalue weighted by molar-refractivity contribution is 5.71. The molecule has 1 spiro atoms. The van der Waals surface area contributed by atoms with Gasteiger partial charge in [-0.2, -0.15) is 0 Å². The number of benzene rings is 1. The van der Waals surface area contributed by atoms with Crippen molar-refractivity contribution in [3.8, 4) is 5.75 Å². The Labute approximate surface area is 207 Å². The Balaban J connectivity index is 1.25. The highest BCUT2D eigenvalue weighted by Crippen LogP contribution is 2.49. The Bertz CT molecular complexity index is 1100. The van der Waals surface area contributed by atoms with Crippen molar-refractivity contribution in [1.82, 2.24) is 20.2 Å². The number of anilines is 2. The number of morpholine rings is 1. The largest absolute Gasteiger partial charge is 0.493 e. The summed E-state index contributed by atoms with van der Waals surface area (Å²) < 4.78 is 11.6. The van der Waals surface area contributed by atoms with E-state index in [9.17, 15) is 4.79 Å². The Kier molecular flexibility index (Phi) is 6.52. The molecule has 188 valence electrons. The summed E-state index contributed by atoms with van der Waals surface area (Å²) in [6.45, 7) is 8.30. The average Bonchev–Trinajstić information content (AvgIpc) is 3.20. The number of hydrogen-bond acceptors (Lipinski definition) is 7. The van der Waals surface area contributed by atoms with Crippen molar-refractivity contribution in [3.63, 3.8) is 0 Å². The van der Waals surface area contributed by atoms with Crippen molar-refractivity contribution < 1.29 is 9.47 Å². The first-order chi connectivity index (χ1) is 17.2. The van der Waals surface area contributed by atoms with Gasteiger partial charge in [-0.05, 0) is 69.7 Å². The number of rotatable bonds is 6.